The molecule has 0 bridgehead atoms. The van der Waals surface area contributed by atoms with Gasteiger partial charge in [0.2, 0.25) is 0 Å². The van der Waals surface area contributed by atoms with Gasteiger partial charge in [-0.3, -0.25) is 0 Å². The molecule has 0 aromatic heterocycles. The monoisotopic (exact) mass is 354 g/mol. The minimum atomic E-state index is 0.116. The Hall–Kier alpha value is -0.580. The molecule has 1 heterocycles. The van der Waals surface area contributed by atoms with E-state index in [9.17, 15) is 0 Å². The summed E-state index contributed by atoms with van der Waals surface area (Å²) < 4.78 is 6.98. The Labute approximate surface area is 137 Å². The van der Waals surface area contributed by atoms with Crippen LogP contribution in [0.15, 0.2) is 22.7 Å². The zero-order valence-electron chi connectivity index (χ0n) is 13.7. The lowest BCUT2D eigenvalue weighted by Crippen LogP contribution is -2.46. The van der Waals surface area contributed by atoms with Crippen LogP contribution in [0.2, 0.25) is 0 Å². The van der Waals surface area contributed by atoms with Crippen LogP contribution >= 0.6 is 15.9 Å². The molecule has 118 valence electrons. The number of hydrogen-bond donors (Lipinski definition) is 1. The number of nitrogens with one attached hydrogen (secondary N) is 1. The van der Waals surface area contributed by atoms with Crippen molar-refractivity contribution >= 4 is 21.6 Å². The lowest BCUT2D eigenvalue weighted by Gasteiger charge is -2.38. The fraction of sp³-hybridized carbons (Fsp3) is 0.647. The second kappa shape index (κ2) is 6.67. The van der Waals surface area contributed by atoms with Gasteiger partial charge >= 0.3 is 0 Å². The van der Waals surface area contributed by atoms with E-state index in [4.69, 9.17) is 4.74 Å². The van der Waals surface area contributed by atoms with E-state index in [0.717, 1.165) is 24.1 Å². The summed E-state index contributed by atoms with van der Waals surface area (Å²) in [6.45, 7) is 13.7. The fourth-order valence-electron chi connectivity index (χ4n) is 2.74. The normalized spacial score (nSPS) is 23.4. The second-order valence-electron chi connectivity index (χ2n) is 7.04. The van der Waals surface area contributed by atoms with Crippen molar-refractivity contribution in [3.8, 4) is 0 Å². The van der Waals surface area contributed by atoms with Gasteiger partial charge in [-0.25, -0.2) is 0 Å². The summed E-state index contributed by atoms with van der Waals surface area (Å²) >= 11 is 3.59. The van der Waals surface area contributed by atoms with Gasteiger partial charge in [0, 0.05) is 35.3 Å². The van der Waals surface area contributed by atoms with Gasteiger partial charge < -0.3 is 15.0 Å². The summed E-state index contributed by atoms with van der Waals surface area (Å²) in [5.41, 5.74) is 2.77. The van der Waals surface area contributed by atoms with Crippen molar-refractivity contribution in [1.29, 1.82) is 0 Å². The molecule has 0 saturated carbocycles. The fourth-order valence-corrected chi connectivity index (χ4v) is 3.15. The van der Waals surface area contributed by atoms with Gasteiger partial charge in [0.25, 0.3) is 0 Å². The number of morpholine rings is 1. The average Bonchev–Trinajstić information content (AvgIpc) is 2.34. The van der Waals surface area contributed by atoms with Crippen LogP contribution in [-0.4, -0.2) is 30.8 Å². The molecule has 0 aliphatic carbocycles. The predicted molar refractivity (Wildman–Crippen MR) is 93.0 cm³/mol. The summed E-state index contributed by atoms with van der Waals surface area (Å²) in [7, 11) is 0. The molecule has 21 heavy (non-hydrogen) atoms. The van der Waals surface area contributed by atoms with Crippen LogP contribution in [0.1, 0.15) is 40.2 Å². The van der Waals surface area contributed by atoms with Crippen LogP contribution in [0, 0.1) is 0 Å². The summed E-state index contributed by atoms with van der Waals surface area (Å²) in [6.07, 6.45) is 0.557. The van der Waals surface area contributed by atoms with E-state index in [2.05, 4.69) is 79.0 Å². The highest BCUT2D eigenvalue weighted by molar-refractivity contribution is 9.10. The molecule has 3 nitrogen and oxygen atoms in total. The standard InChI is InChI=1S/C17H27BrN2O/c1-12-10-20(11-13(2)21-12)16-7-6-15(18)8-14(16)9-19-17(3,4)5/h6-8,12-13,19H,9-11H2,1-5H3/t12-,13+. The van der Waals surface area contributed by atoms with Crippen molar-refractivity contribution in [3.63, 3.8) is 0 Å². The molecule has 0 amide bonds. The molecule has 1 aromatic rings. The van der Waals surface area contributed by atoms with Crippen LogP contribution in [0.25, 0.3) is 0 Å². The first-order valence-corrected chi connectivity index (χ1v) is 8.48. The van der Waals surface area contributed by atoms with Crippen molar-refractivity contribution < 1.29 is 4.74 Å². The van der Waals surface area contributed by atoms with Gasteiger partial charge in [0.05, 0.1) is 12.2 Å². The Kier molecular flexibility index (Phi) is 5.33. The van der Waals surface area contributed by atoms with Crippen molar-refractivity contribution in [2.75, 3.05) is 18.0 Å². The van der Waals surface area contributed by atoms with Crippen LogP contribution in [0.4, 0.5) is 5.69 Å². The van der Waals surface area contributed by atoms with E-state index in [0.29, 0.717) is 0 Å². The van der Waals surface area contributed by atoms with Gasteiger partial charge in [-0.15, -0.1) is 0 Å². The molecule has 4 heteroatoms. The van der Waals surface area contributed by atoms with E-state index in [1.54, 1.807) is 0 Å². The summed E-state index contributed by atoms with van der Waals surface area (Å²) in [5, 5.41) is 3.59. The SMILES string of the molecule is C[C@@H]1CN(c2ccc(Br)cc2CNC(C)(C)C)C[C@H](C)O1. The van der Waals surface area contributed by atoms with Crippen LogP contribution < -0.4 is 10.2 Å². The van der Waals surface area contributed by atoms with Gasteiger partial charge in [-0.2, -0.15) is 0 Å². The zero-order chi connectivity index (χ0) is 15.6. The Balaban J connectivity index is 2.21. The third kappa shape index (κ3) is 4.97. The maximum Gasteiger partial charge on any atom is 0.0726 e. The van der Waals surface area contributed by atoms with E-state index in [1.165, 1.54) is 11.3 Å². The summed E-state index contributed by atoms with van der Waals surface area (Å²) in [5.74, 6) is 0. The molecule has 2 rings (SSSR count). The van der Waals surface area contributed by atoms with Crippen LogP contribution in [-0.2, 0) is 11.3 Å². The van der Waals surface area contributed by atoms with Crippen molar-refractivity contribution in [1.82, 2.24) is 5.32 Å². The zero-order valence-corrected chi connectivity index (χ0v) is 15.3. The van der Waals surface area contributed by atoms with Crippen molar-refractivity contribution in [3.05, 3.63) is 28.2 Å². The predicted octanol–water partition coefficient (Wildman–Crippen LogP) is 3.95. The number of ether oxygens (including phenoxy) is 1. The van der Waals surface area contributed by atoms with Crippen LogP contribution in [0.5, 0.6) is 0 Å². The summed E-state index contributed by atoms with van der Waals surface area (Å²) in [6, 6.07) is 6.56. The second-order valence-corrected chi connectivity index (χ2v) is 7.95. The molecule has 0 radical (unpaired) electrons. The molecule has 1 saturated heterocycles. The highest BCUT2D eigenvalue weighted by atomic mass is 79.9. The van der Waals surface area contributed by atoms with E-state index < -0.39 is 0 Å². The Morgan fingerprint density at radius 1 is 1.24 bits per heavy atom. The third-order valence-corrected chi connectivity index (χ3v) is 4.10. The number of hydrogen-bond acceptors (Lipinski definition) is 3. The molecule has 0 spiro atoms. The maximum absolute atomic E-state index is 5.85. The van der Waals surface area contributed by atoms with E-state index in [-0.39, 0.29) is 17.7 Å². The number of anilines is 1. The summed E-state index contributed by atoms with van der Waals surface area (Å²) in [4.78, 5) is 2.45. The number of rotatable bonds is 3. The highest BCUT2D eigenvalue weighted by Crippen LogP contribution is 2.28. The minimum absolute atomic E-state index is 0.116. The number of halogens is 1. The molecule has 1 N–H and O–H groups in total. The first kappa shape index (κ1) is 16.8. The maximum atomic E-state index is 5.85. The third-order valence-electron chi connectivity index (χ3n) is 3.61. The molecule has 0 unspecified atom stereocenters. The molecule has 2 atom stereocenters. The number of benzene rings is 1. The highest BCUT2D eigenvalue weighted by Gasteiger charge is 2.24. The van der Waals surface area contributed by atoms with Crippen LogP contribution in [0.3, 0.4) is 0 Å². The molecular weight excluding hydrogens is 328 g/mol. The average molecular weight is 355 g/mol. The van der Waals surface area contributed by atoms with Gasteiger partial charge in [0.1, 0.15) is 0 Å². The van der Waals surface area contributed by atoms with E-state index >= 15 is 0 Å². The smallest absolute Gasteiger partial charge is 0.0726 e. The topological polar surface area (TPSA) is 24.5 Å². The first-order valence-electron chi connectivity index (χ1n) is 7.68. The molecule has 1 aliphatic rings. The molecule has 1 fully saturated rings. The van der Waals surface area contributed by atoms with Crippen molar-refractivity contribution in [2.24, 2.45) is 0 Å². The Morgan fingerprint density at radius 2 is 1.86 bits per heavy atom. The van der Waals surface area contributed by atoms with Gasteiger partial charge in [0.15, 0.2) is 0 Å². The molecule has 1 aromatic carbocycles. The lowest BCUT2D eigenvalue weighted by atomic mass is 10.1. The Morgan fingerprint density at radius 3 is 2.43 bits per heavy atom. The van der Waals surface area contributed by atoms with Gasteiger partial charge in [-0.1, -0.05) is 15.9 Å². The Bertz CT molecular complexity index is 474. The first-order chi connectivity index (χ1) is 9.74. The minimum Gasteiger partial charge on any atom is -0.372 e. The van der Waals surface area contributed by atoms with Gasteiger partial charge in [-0.05, 0) is 58.4 Å². The largest absolute Gasteiger partial charge is 0.372 e. The molecular formula is C17H27BrN2O. The quantitative estimate of drug-likeness (QED) is 0.889. The lowest BCUT2D eigenvalue weighted by molar-refractivity contribution is -0.00527. The van der Waals surface area contributed by atoms with Crippen molar-refractivity contribution in [2.45, 2.75) is 58.9 Å². The molecule has 1 aliphatic heterocycles. The van der Waals surface area contributed by atoms with E-state index in [1.807, 2.05) is 0 Å². The number of nitrogens with zero attached hydrogens (tertiary/aromatic N) is 1.